The van der Waals surface area contributed by atoms with Gasteiger partial charge >= 0.3 is 5.97 Å². The van der Waals surface area contributed by atoms with E-state index in [-0.39, 0.29) is 21.1 Å². The molecule has 4 nitrogen and oxygen atoms in total. The monoisotopic (exact) mass is 496 g/mol. The molecule has 0 N–H and O–H groups in total. The quantitative estimate of drug-likeness (QED) is 0.370. The Bertz CT molecular complexity index is 777. The highest BCUT2D eigenvalue weighted by Gasteiger charge is 2.42. The fourth-order valence-electron chi connectivity index (χ4n) is 2.15. The summed E-state index contributed by atoms with van der Waals surface area (Å²) in [6, 6.07) is 5.60. The van der Waals surface area contributed by atoms with Crippen LogP contribution in [0.2, 0.25) is 54.4 Å². The Labute approximate surface area is 200 Å². The van der Waals surface area contributed by atoms with Crippen LogP contribution in [0.5, 0.6) is 11.5 Å². The molecule has 1 aromatic carbocycles. The molecule has 32 heavy (non-hydrogen) atoms. The molecule has 0 amide bonds. The van der Waals surface area contributed by atoms with Gasteiger partial charge in [-0.2, -0.15) is 0 Å². The molecule has 0 aliphatic rings. The summed E-state index contributed by atoms with van der Waals surface area (Å²) in [4.78, 5) is 13.3. The van der Waals surface area contributed by atoms with Gasteiger partial charge in [-0.3, -0.25) is 0 Å². The highest BCUT2D eigenvalue weighted by Crippen LogP contribution is 2.42. The standard InChI is InChI=1S/C25H48O4Si3/c1-23(2,3)30(10,11)27-20-16-19(22(26)29-32(14,15)25(7,8)9)17-21(18-20)28-31(12,13)24(4,5)6/h16-18H,1-15H3. The summed E-state index contributed by atoms with van der Waals surface area (Å²) < 4.78 is 19.3. The number of hydrogen-bond acceptors (Lipinski definition) is 4. The molecular weight excluding hydrogens is 449 g/mol. The van der Waals surface area contributed by atoms with Crippen molar-refractivity contribution in [3.63, 3.8) is 0 Å². The zero-order valence-corrected chi connectivity index (χ0v) is 26.4. The fourth-order valence-corrected chi connectivity index (χ4v) is 5.06. The second-order valence-corrected chi connectivity index (χ2v) is 27.7. The van der Waals surface area contributed by atoms with Crippen LogP contribution in [-0.4, -0.2) is 30.9 Å². The Morgan fingerprint density at radius 1 is 0.594 bits per heavy atom. The predicted molar refractivity (Wildman–Crippen MR) is 145 cm³/mol. The van der Waals surface area contributed by atoms with E-state index in [0.29, 0.717) is 17.1 Å². The Morgan fingerprint density at radius 2 is 0.906 bits per heavy atom. The molecule has 0 bridgehead atoms. The normalized spacial score (nSPS) is 14.2. The minimum atomic E-state index is -2.25. The molecule has 0 heterocycles. The molecule has 1 rings (SSSR count). The smallest absolute Gasteiger partial charge is 0.325 e. The van der Waals surface area contributed by atoms with Crippen LogP contribution >= 0.6 is 0 Å². The van der Waals surface area contributed by atoms with E-state index in [2.05, 4.69) is 102 Å². The zero-order valence-electron chi connectivity index (χ0n) is 23.4. The van der Waals surface area contributed by atoms with Crippen LogP contribution in [0.4, 0.5) is 0 Å². The van der Waals surface area contributed by atoms with Crippen LogP contribution < -0.4 is 8.85 Å². The lowest BCUT2D eigenvalue weighted by molar-refractivity contribution is 0.0712. The average molecular weight is 497 g/mol. The first-order valence-electron chi connectivity index (χ1n) is 11.7. The van der Waals surface area contributed by atoms with E-state index in [1.165, 1.54) is 0 Å². The van der Waals surface area contributed by atoms with E-state index in [0.717, 1.165) is 0 Å². The number of rotatable bonds is 6. The van der Waals surface area contributed by atoms with Gasteiger partial charge in [0, 0.05) is 6.07 Å². The van der Waals surface area contributed by atoms with Crippen LogP contribution in [0.3, 0.4) is 0 Å². The van der Waals surface area contributed by atoms with Crippen molar-refractivity contribution in [2.24, 2.45) is 0 Å². The summed E-state index contributed by atoms with van der Waals surface area (Å²) in [5.41, 5.74) is 0.500. The van der Waals surface area contributed by atoms with Crippen molar-refractivity contribution in [3.8, 4) is 11.5 Å². The molecule has 0 fully saturated rings. The van der Waals surface area contributed by atoms with Crippen LogP contribution in [-0.2, 0) is 4.43 Å². The lowest BCUT2D eigenvalue weighted by Gasteiger charge is -2.38. The van der Waals surface area contributed by atoms with Gasteiger partial charge in [-0.1, -0.05) is 62.3 Å². The molecule has 0 aromatic heterocycles. The van der Waals surface area contributed by atoms with Crippen molar-refractivity contribution in [2.45, 2.75) is 117 Å². The van der Waals surface area contributed by atoms with Crippen molar-refractivity contribution in [2.75, 3.05) is 0 Å². The minimum absolute atomic E-state index is 0.0467. The van der Waals surface area contributed by atoms with Gasteiger partial charge in [0.1, 0.15) is 11.5 Å². The highest BCUT2D eigenvalue weighted by molar-refractivity contribution is 6.76. The first-order chi connectivity index (χ1) is 13.9. The van der Waals surface area contributed by atoms with Gasteiger partial charge < -0.3 is 13.3 Å². The molecule has 0 saturated carbocycles. The van der Waals surface area contributed by atoms with Gasteiger partial charge in [-0.15, -0.1) is 0 Å². The second-order valence-electron chi connectivity index (χ2n) is 13.6. The van der Waals surface area contributed by atoms with E-state index in [1.807, 2.05) is 18.2 Å². The van der Waals surface area contributed by atoms with Crippen molar-refractivity contribution in [1.82, 2.24) is 0 Å². The van der Waals surface area contributed by atoms with Crippen molar-refractivity contribution in [1.29, 1.82) is 0 Å². The van der Waals surface area contributed by atoms with E-state index in [4.69, 9.17) is 13.3 Å². The molecule has 0 radical (unpaired) electrons. The van der Waals surface area contributed by atoms with Gasteiger partial charge in [0.05, 0.1) is 5.56 Å². The first kappa shape index (κ1) is 29.0. The number of hydrogen-bond donors (Lipinski definition) is 0. The molecule has 7 heteroatoms. The molecule has 0 atom stereocenters. The Hall–Kier alpha value is -1.06. The third kappa shape index (κ3) is 6.97. The lowest BCUT2D eigenvalue weighted by Crippen LogP contribution is -2.45. The summed E-state index contributed by atoms with van der Waals surface area (Å²) in [6.45, 7) is 32.7. The second kappa shape index (κ2) is 8.95. The fraction of sp³-hybridized carbons (Fsp3) is 0.720. The first-order valence-corrected chi connectivity index (χ1v) is 20.4. The third-order valence-electron chi connectivity index (χ3n) is 7.63. The Morgan fingerprint density at radius 3 is 1.19 bits per heavy atom. The predicted octanol–water partition coefficient (Wildman–Crippen LogP) is 8.62. The molecule has 0 aliphatic carbocycles. The van der Waals surface area contributed by atoms with Crippen molar-refractivity contribution >= 4 is 30.9 Å². The highest BCUT2D eigenvalue weighted by atomic mass is 28.4. The van der Waals surface area contributed by atoms with E-state index >= 15 is 0 Å². The van der Waals surface area contributed by atoms with Crippen molar-refractivity contribution < 1.29 is 18.1 Å². The maximum Gasteiger partial charge on any atom is 0.325 e. The third-order valence-corrected chi connectivity index (χ3v) is 20.7. The lowest BCUT2D eigenvalue weighted by atomic mass is 10.2. The van der Waals surface area contributed by atoms with Crippen LogP contribution in [0.1, 0.15) is 72.7 Å². The molecule has 0 spiro atoms. The molecule has 184 valence electrons. The number of carbonyl (C=O) groups is 1. The average Bonchev–Trinajstić information content (AvgIpc) is 2.49. The topological polar surface area (TPSA) is 44.8 Å². The van der Waals surface area contributed by atoms with E-state index in [9.17, 15) is 4.79 Å². The summed E-state index contributed by atoms with van der Waals surface area (Å²) in [5.74, 6) is 1.09. The van der Waals surface area contributed by atoms with Gasteiger partial charge in [0.15, 0.2) is 0 Å². The van der Waals surface area contributed by atoms with Crippen molar-refractivity contribution in [3.05, 3.63) is 23.8 Å². The SMILES string of the molecule is CC(C)(C)[Si](C)(C)OC(=O)c1cc(O[Si](C)(C)C(C)(C)C)cc(O[Si](C)(C)C(C)(C)C)c1. The molecule has 0 aliphatic heterocycles. The van der Waals surface area contributed by atoms with Gasteiger partial charge in [0.25, 0.3) is 8.32 Å². The Kier molecular flexibility index (Phi) is 8.10. The minimum Gasteiger partial charge on any atom is -0.543 e. The van der Waals surface area contributed by atoms with E-state index in [1.54, 1.807) is 0 Å². The summed E-state index contributed by atoms with van der Waals surface area (Å²) in [5, 5.41) is 0.0363. The largest absolute Gasteiger partial charge is 0.543 e. The maximum atomic E-state index is 13.3. The van der Waals surface area contributed by atoms with Gasteiger partial charge in [-0.25, -0.2) is 4.79 Å². The van der Waals surface area contributed by atoms with Crippen LogP contribution in [0, 0.1) is 0 Å². The zero-order chi connectivity index (χ0) is 25.6. The van der Waals surface area contributed by atoms with Crippen LogP contribution in [0.25, 0.3) is 0 Å². The Balaban J connectivity index is 3.48. The molecular formula is C25H48O4Si3. The van der Waals surface area contributed by atoms with Gasteiger partial charge in [0.2, 0.25) is 16.6 Å². The number of carbonyl (C=O) groups excluding carboxylic acids is 1. The molecule has 0 saturated heterocycles. The van der Waals surface area contributed by atoms with E-state index < -0.39 is 25.0 Å². The van der Waals surface area contributed by atoms with Crippen LogP contribution in [0.15, 0.2) is 18.2 Å². The maximum absolute atomic E-state index is 13.3. The molecule has 1 aromatic rings. The van der Waals surface area contributed by atoms with Gasteiger partial charge in [-0.05, 0) is 66.5 Å². The summed E-state index contributed by atoms with van der Waals surface area (Å²) >= 11 is 0. The molecule has 0 unspecified atom stereocenters. The number of benzene rings is 1. The summed E-state index contributed by atoms with van der Waals surface area (Å²) in [6.07, 6.45) is 0. The summed E-state index contributed by atoms with van der Waals surface area (Å²) in [7, 11) is -6.42.